The smallest absolute Gasteiger partial charge is 0.332 e. The van der Waals surface area contributed by atoms with Crippen LogP contribution in [-0.2, 0) is 13.6 Å². The van der Waals surface area contributed by atoms with Gasteiger partial charge in [0.25, 0.3) is 0 Å². The van der Waals surface area contributed by atoms with Crippen LogP contribution in [0, 0.1) is 0 Å². The van der Waals surface area contributed by atoms with Gasteiger partial charge in [0.2, 0.25) is 0 Å². The number of hydrogen-bond acceptors (Lipinski definition) is 1. The van der Waals surface area contributed by atoms with Gasteiger partial charge in [0.05, 0.1) is 19.6 Å². The molecule has 0 atom stereocenters. The second-order valence-electron chi connectivity index (χ2n) is 3.42. The number of carbonyl (C=O) groups excluding carboxylic acids is 1. The van der Waals surface area contributed by atoms with Gasteiger partial charge in [0.15, 0.2) is 0 Å². The second-order valence-corrected chi connectivity index (χ2v) is 3.69. The maximum absolute atomic E-state index is 11.7. The Hall–Kier alpha value is -1.03. The molecule has 0 saturated carbocycles. The molecule has 0 fully saturated rings. The molecule has 1 aromatic heterocycles. The normalized spacial score (nSPS) is 10.3. The molecule has 0 bridgehead atoms. The molecule has 1 N–H and O–H groups in total. The zero-order chi connectivity index (χ0) is 11.3. The molecule has 0 unspecified atom stereocenters. The highest BCUT2D eigenvalue weighted by Gasteiger charge is 2.22. The van der Waals surface area contributed by atoms with Gasteiger partial charge in [0.1, 0.15) is 12.4 Å². The van der Waals surface area contributed by atoms with Crippen molar-refractivity contribution < 1.29 is 9.36 Å². The van der Waals surface area contributed by atoms with Crippen LogP contribution in [0.25, 0.3) is 0 Å². The van der Waals surface area contributed by atoms with Crippen molar-refractivity contribution in [2.45, 2.75) is 26.3 Å². The molecular weight excluding hydrogens is 214 g/mol. The molecule has 4 nitrogen and oxygen atoms in total. The van der Waals surface area contributed by atoms with Crippen molar-refractivity contribution in [3.63, 3.8) is 0 Å². The number of aryl methyl sites for hydroxylation is 2. The zero-order valence-electron chi connectivity index (χ0n) is 9.16. The topological polar surface area (TPSA) is 37.9 Å². The van der Waals surface area contributed by atoms with E-state index in [1.807, 2.05) is 24.0 Å². The van der Waals surface area contributed by atoms with Crippen LogP contribution < -0.4 is 9.88 Å². The lowest BCUT2D eigenvalue weighted by atomic mass is 10.3. The number of amides is 1. The predicted octanol–water partition coefficient (Wildman–Crippen LogP) is 1.04. The Morgan fingerprint density at radius 1 is 1.67 bits per heavy atom. The zero-order valence-corrected chi connectivity index (χ0v) is 9.92. The number of rotatable bonds is 5. The third kappa shape index (κ3) is 2.96. The van der Waals surface area contributed by atoms with Crippen LogP contribution in [0.5, 0.6) is 0 Å². The van der Waals surface area contributed by atoms with E-state index in [1.165, 1.54) is 0 Å². The second kappa shape index (κ2) is 5.75. The fourth-order valence-corrected chi connectivity index (χ4v) is 1.58. The molecule has 15 heavy (non-hydrogen) atoms. The van der Waals surface area contributed by atoms with Gasteiger partial charge in [-0.05, 0) is 6.42 Å². The first-order chi connectivity index (χ1) is 7.20. The molecule has 1 aromatic rings. The van der Waals surface area contributed by atoms with Crippen molar-refractivity contribution in [3.05, 3.63) is 18.2 Å². The number of nitrogens with one attached hydrogen (secondary N) is 1. The lowest BCUT2D eigenvalue weighted by molar-refractivity contribution is -0.673. The van der Waals surface area contributed by atoms with Crippen LogP contribution in [0.3, 0.4) is 0 Å². The number of alkyl halides is 1. The largest absolute Gasteiger partial charge is 0.347 e. The summed E-state index contributed by atoms with van der Waals surface area (Å²) in [5, 5.41) is 2.59. The molecule has 0 spiro atoms. The van der Waals surface area contributed by atoms with Crippen LogP contribution >= 0.6 is 11.6 Å². The molecule has 0 aliphatic heterocycles. The fraction of sp³-hybridized carbons (Fsp3) is 0.600. The highest BCUT2D eigenvalue weighted by Crippen LogP contribution is 1.99. The van der Waals surface area contributed by atoms with Gasteiger partial charge in [-0.2, -0.15) is 0 Å². The number of unbranched alkanes of at least 4 members (excludes halogenated alkanes) is 1. The lowest BCUT2D eigenvalue weighted by Gasteiger charge is -2.01. The van der Waals surface area contributed by atoms with E-state index in [9.17, 15) is 4.79 Å². The van der Waals surface area contributed by atoms with E-state index in [-0.39, 0.29) is 11.9 Å². The minimum atomic E-state index is -0.131. The molecule has 1 amide bonds. The fourth-order valence-electron chi connectivity index (χ4n) is 1.46. The summed E-state index contributed by atoms with van der Waals surface area (Å²) < 4.78 is 3.75. The van der Waals surface area contributed by atoms with Crippen LogP contribution in [0.2, 0.25) is 0 Å². The first-order valence-electron chi connectivity index (χ1n) is 5.09. The monoisotopic (exact) mass is 230 g/mol. The minimum absolute atomic E-state index is 0.131. The van der Waals surface area contributed by atoms with Crippen LogP contribution in [0.1, 0.15) is 30.4 Å². The number of imidazole rings is 1. The number of aromatic nitrogens is 2. The first kappa shape index (κ1) is 12.0. The molecule has 0 aromatic carbocycles. The Kier molecular flexibility index (Phi) is 4.62. The van der Waals surface area contributed by atoms with Crippen molar-refractivity contribution in [1.29, 1.82) is 0 Å². The average molecular weight is 231 g/mol. The van der Waals surface area contributed by atoms with Crippen molar-refractivity contribution >= 4 is 17.5 Å². The predicted molar refractivity (Wildman–Crippen MR) is 58.7 cm³/mol. The van der Waals surface area contributed by atoms with Gasteiger partial charge in [-0.15, -0.1) is 11.6 Å². The molecule has 0 saturated heterocycles. The van der Waals surface area contributed by atoms with E-state index in [2.05, 4.69) is 12.2 Å². The molecule has 0 aliphatic rings. The third-order valence-electron chi connectivity index (χ3n) is 2.26. The first-order valence-corrected chi connectivity index (χ1v) is 5.63. The van der Waals surface area contributed by atoms with E-state index in [4.69, 9.17) is 11.6 Å². The molecule has 0 radical (unpaired) electrons. The number of hydrogen-bond donors (Lipinski definition) is 1. The molecule has 1 heterocycles. The lowest BCUT2D eigenvalue weighted by Crippen LogP contribution is -2.40. The summed E-state index contributed by atoms with van der Waals surface area (Å²) in [5.74, 6) is 0.512. The maximum Gasteiger partial charge on any atom is 0.347 e. The molecule has 0 aliphatic carbocycles. The average Bonchev–Trinajstić information content (AvgIpc) is 2.57. The third-order valence-corrected chi connectivity index (χ3v) is 2.39. The Balaban J connectivity index is 2.83. The number of nitrogens with zero attached hydrogens (tertiary/aromatic N) is 2. The summed E-state index contributed by atoms with van der Waals surface area (Å²) in [6.07, 6.45) is 5.96. The van der Waals surface area contributed by atoms with Gasteiger partial charge in [0, 0.05) is 0 Å². The maximum atomic E-state index is 11.7. The summed E-state index contributed by atoms with van der Waals surface area (Å²) in [6, 6.07) is 0.137. The van der Waals surface area contributed by atoms with Crippen molar-refractivity contribution in [2.75, 3.05) is 6.00 Å². The van der Waals surface area contributed by atoms with Crippen LogP contribution in [-0.4, -0.2) is 16.5 Å². The molecular formula is C10H17ClN3O+. The summed E-state index contributed by atoms with van der Waals surface area (Å²) >= 11 is 5.47. The quantitative estimate of drug-likeness (QED) is 0.458. The minimum Gasteiger partial charge on any atom is -0.332 e. The van der Waals surface area contributed by atoms with E-state index in [0.29, 0.717) is 5.82 Å². The van der Waals surface area contributed by atoms with Crippen LogP contribution in [0.15, 0.2) is 12.4 Å². The standard InChI is InChI=1S/C10H16ClN3O/c1-3-4-5-14-7-6-13(2)10(14)9(15)12-8-11/h6-7H,3-5,8H2,1-2H3/p+1. The van der Waals surface area contributed by atoms with E-state index in [1.54, 1.807) is 4.57 Å². The summed E-state index contributed by atoms with van der Waals surface area (Å²) in [6.45, 7) is 2.99. The Morgan fingerprint density at radius 3 is 3.00 bits per heavy atom. The summed E-state index contributed by atoms with van der Waals surface area (Å²) in [5.41, 5.74) is 0. The Bertz CT molecular complexity index is 335. The summed E-state index contributed by atoms with van der Waals surface area (Å²) in [7, 11) is 1.85. The van der Waals surface area contributed by atoms with E-state index in [0.717, 1.165) is 19.4 Å². The van der Waals surface area contributed by atoms with Crippen LogP contribution in [0.4, 0.5) is 0 Å². The molecule has 84 valence electrons. The molecule has 5 heteroatoms. The van der Waals surface area contributed by atoms with Gasteiger partial charge in [-0.25, -0.2) is 9.13 Å². The Labute approximate surface area is 94.8 Å². The highest BCUT2D eigenvalue weighted by molar-refractivity contribution is 6.18. The van der Waals surface area contributed by atoms with E-state index < -0.39 is 0 Å². The number of halogens is 1. The van der Waals surface area contributed by atoms with Crippen molar-refractivity contribution in [3.8, 4) is 0 Å². The SMILES string of the molecule is CCCCn1cc[n+](C)c1C(=O)NCCl. The highest BCUT2D eigenvalue weighted by atomic mass is 35.5. The van der Waals surface area contributed by atoms with Crippen molar-refractivity contribution in [2.24, 2.45) is 7.05 Å². The number of carbonyl (C=O) groups is 1. The summed E-state index contributed by atoms with van der Waals surface area (Å²) in [4.78, 5) is 11.7. The molecule has 1 rings (SSSR count). The van der Waals surface area contributed by atoms with Gasteiger partial charge in [-0.3, -0.25) is 4.79 Å². The van der Waals surface area contributed by atoms with Gasteiger partial charge in [-0.1, -0.05) is 13.3 Å². The van der Waals surface area contributed by atoms with Crippen molar-refractivity contribution in [1.82, 2.24) is 9.88 Å². The van der Waals surface area contributed by atoms with E-state index >= 15 is 0 Å². The Morgan fingerprint density at radius 2 is 2.40 bits per heavy atom. The van der Waals surface area contributed by atoms with Gasteiger partial charge >= 0.3 is 11.7 Å². The van der Waals surface area contributed by atoms with Gasteiger partial charge < -0.3 is 5.32 Å².